The van der Waals surface area contributed by atoms with Gasteiger partial charge >= 0.3 is 6.09 Å². The molecule has 1 heterocycles. The first-order valence-electron chi connectivity index (χ1n) is 9.15. The van der Waals surface area contributed by atoms with E-state index in [1.54, 1.807) is 0 Å². The van der Waals surface area contributed by atoms with Gasteiger partial charge in [-0.25, -0.2) is 4.79 Å². The SMILES string of the molecule is CC(C)(C)OC(=O)NCCC=Cc1ccc2[nH]c3c(c2c1)CCCC3=O. The van der Waals surface area contributed by atoms with Crippen molar-refractivity contribution >= 4 is 28.9 Å². The van der Waals surface area contributed by atoms with Crippen LogP contribution in [0.5, 0.6) is 0 Å². The quantitative estimate of drug-likeness (QED) is 0.787. The van der Waals surface area contributed by atoms with Crippen LogP contribution in [0, 0.1) is 0 Å². The number of hydrogen-bond acceptors (Lipinski definition) is 3. The van der Waals surface area contributed by atoms with Crippen molar-refractivity contribution in [3.8, 4) is 0 Å². The van der Waals surface area contributed by atoms with Gasteiger partial charge in [0.05, 0.1) is 5.69 Å². The number of ketones is 1. The summed E-state index contributed by atoms with van der Waals surface area (Å²) in [7, 11) is 0. The lowest BCUT2D eigenvalue weighted by Gasteiger charge is -2.19. The van der Waals surface area contributed by atoms with Crippen LogP contribution in [0.2, 0.25) is 0 Å². The lowest BCUT2D eigenvalue weighted by molar-refractivity contribution is 0.0528. The molecule has 0 unspecified atom stereocenters. The molecule has 0 atom stereocenters. The summed E-state index contributed by atoms with van der Waals surface area (Å²) < 4.78 is 5.20. The average molecular weight is 354 g/mol. The van der Waals surface area contributed by atoms with E-state index in [-0.39, 0.29) is 5.78 Å². The van der Waals surface area contributed by atoms with Crippen LogP contribution < -0.4 is 5.32 Å². The van der Waals surface area contributed by atoms with E-state index in [1.807, 2.05) is 45.1 Å². The molecule has 0 saturated carbocycles. The van der Waals surface area contributed by atoms with Crippen molar-refractivity contribution in [1.29, 1.82) is 0 Å². The Morgan fingerprint density at radius 1 is 1.31 bits per heavy atom. The Balaban J connectivity index is 1.60. The molecule has 1 aromatic carbocycles. The number of fused-ring (bicyclic) bond motifs is 3. The molecular weight excluding hydrogens is 328 g/mol. The summed E-state index contributed by atoms with van der Waals surface area (Å²) in [6, 6.07) is 6.19. The highest BCUT2D eigenvalue weighted by atomic mass is 16.6. The predicted octanol–water partition coefficient (Wildman–Crippen LogP) is 4.61. The molecular formula is C21H26N2O3. The third kappa shape index (κ3) is 4.34. The number of H-pyrrole nitrogens is 1. The molecule has 1 amide bonds. The van der Waals surface area contributed by atoms with E-state index < -0.39 is 11.7 Å². The van der Waals surface area contributed by atoms with Gasteiger partial charge in [-0.2, -0.15) is 0 Å². The summed E-state index contributed by atoms with van der Waals surface area (Å²) in [5.74, 6) is 0.216. The van der Waals surface area contributed by atoms with Crippen LogP contribution >= 0.6 is 0 Å². The van der Waals surface area contributed by atoms with E-state index in [1.165, 1.54) is 0 Å². The molecule has 1 aliphatic rings. The van der Waals surface area contributed by atoms with Crippen LogP contribution in [0.1, 0.15) is 61.6 Å². The summed E-state index contributed by atoms with van der Waals surface area (Å²) in [5, 5.41) is 3.88. The normalized spacial score (nSPS) is 14.7. The second-order valence-electron chi connectivity index (χ2n) is 7.68. The van der Waals surface area contributed by atoms with Gasteiger partial charge in [-0.15, -0.1) is 0 Å². The van der Waals surface area contributed by atoms with Gasteiger partial charge in [0.25, 0.3) is 0 Å². The summed E-state index contributed by atoms with van der Waals surface area (Å²) in [6.45, 7) is 6.06. The predicted molar refractivity (Wildman–Crippen MR) is 103 cm³/mol. The van der Waals surface area contributed by atoms with Crippen LogP contribution in [0.15, 0.2) is 24.3 Å². The monoisotopic (exact) mass is 354 g/mol. The number of amides is 1. The lowest BCUT2D eigenvalue weighted by atomic mass is 9.94. The first kappa shape index (κ1) is 18.2. The highest BCUT2D eigenvalue weighted by Crippen LogP contribution is 2.30. The van der Waals surface area contributed by atoms with Crippen LogP contribution in [-0.2, 0) is 11.2 Å². The molecule has 138 valence electrons. The Bertz CT molecular complexity index is 856. The van der Waals surface area contributed by atoms with Crippen molar-refractivity contribution < 1.29 is 14.3 Å². The van der Waals surface area contributed by atoms with Gasteiger partial charge in [0, 0.05) is 23.9 Å². The molecule has 0 spiro atoms. The molecule has 26 heavy (non-hydrogen) atoms. The Morgan fingerprint density at radius 2 is 2.12 bits per heavy atom. The highest BCUT2D eigenvalue weighted by molar-refractivity contribution is 6.03. The minimum atomic E-state index is -0.480. The second kappa shape index (κ2) is 7.36. The summed E-state index contributed by atoms with van der Waals surface area (Å²) >= 11 is 0. The van der Waals surface area contributed by atoms with Crippen LogP contribution in [0.3, 0.4) is 0 Å². The molecule has 1 aliphatic carbocycles. The highest BCUT2D eigenvalue weighted by Gasteiger charge is 2.21. The van der Waals surface area contributed by atoms with Crippen molar-refractivity contribution in [2.45, 2.75) is 52.1 Å². The van der Waals surface area contributed by atoms with Crippen molar-refractivity contribution in [2.75, 3.05) is 6.54 Å². The molecule has 5 heteroatoms. The number of ether oxygens (including phenoxy) is 1. The van der Waals surface area contributed by atoms with Crippen LogP contribution in [0.25, 0.3) is 17.0 Å². The van der Waals surface area contributed by atoms with Gasteiger partial charge in [0.2, 0.25) is 0 Å². The number of aromatic amines is 1. The van der Waals surface area contributed by atoms with Gasteiger partial charge in [-0.3, -0.25) is 4.79 Å². The molecule has 2 N–H and O–H groups in total. The molecule has 1 aromatic heterocycles. The maximum Gasteiger partial charge on any atom is 0.407 e. The van der Waals surface area contributed by atoms with Gasteiger partial charge in [0.1, 0.15) is 5.60 Å². The molecule has 0 aliphatic heterocycles. The Kier molecular flexibility index (Phi) is 5.16. The zero-order valence-corrected chi connectivity index (χ0v) is 15.6. The molecule has 0 fully saturated rings. The van der Waals surface area contributed by atoms with Gasteiger partial charge < -0.3 is 15.0 Å². The Hall–Kier alpha value is -2.56. The number of Topliss-reactive ketones (excluding diaryl/α,β-unsaturated/α-hetero) is 1. The summed E-state index contributed by atoms with van der Waals surface area (Å²) in [6.07, 6.45) is 6.92. The number of carbonyl (C=O) groups excluding carboxylic acids is 2. The number of carbonyl (C=O) groups is 2. The fourth-order valence-electron chi connectivity index (χ4n) is 3.21. The van der Waals surface area contributed by atoms with Gasteiger partial charge in [-0.1, -0.05) is 18.2 Å². The number of aryl methyl sites for hydroxylation is 1. The molecule has 0 radical (unpaired) electrons. The van der Waals surface area contributed by atoms with Crippen molar-refractivity contribution in [2.24, 2.45) is 0 Å². The Labute approximate surface area is 153 Å². The first-order valence-corrected chi connectivity index (χ1v) is 9.15. The van der Waals surface area contributed by atoms with Gasteiger partial charge in [0.15, 0.2) is 5.78 Å². The largest absolute Gasteiger partial charge is 0.444 e. The number of hydrogen-bond donors (Lipinski definition) is 2. The van der Waals surface area contributed by atoms with Crippen LogP contribution in [-0.4, -0.2) is 29.0 Å². The maximum atomic E-state index is 12.0. The number of aromatic nitrogens is 1. The van der Waals surface area contributed by atoms with E-state index in [0.717, 1.165) is 47.0 Å². The van der Waals surface area contributed by atoms with Crippen molar-refractivity contribution in [1.82, 2.24) is 10.3 Å². The zero-order valence-electron chi connectivity index (χ0n) is 15.6. The number of benzene rings is 1. The van der Waals surface area contributed by atoms with Crippen molar-refractivity contribution in [3.63, 3.8) is 0 Å². The fourth-order valence-corrected chi connectivity index (χ4v) is 3.21. The molecule has 0 saturated heterocycles. The lowest BCUT2D eigenvalue weighted by Crippen LogP contribution is -2.32. The minimum Gasteiger partial charge on any atom is -0.444 e. The minimum absolute atomic E-state index is 0.216. The molecule has 0 bridgehead atoms. The third-order valence-corrected chi connectivity index (χ3v) is 4.33. The van der Waals surface area contributed by atoms with Crippen molar-refractivity contribution in [3.05, 3.63) is 41.1 Å². The summed E-state index contributed by atoms with van der Waals surface area (Å²) in [5.41, 5.74) is 3.57. The standard InChI is InChI=1S/C21H26N2O3/c1-21(2,3)26-20(25)22-12-5-4-7-14-10-11-17-16(13-14)15-8-6-9-18(24)19(15)23-17/h4,7,10-11,13,23H,5-6,8-9,12H2,1-3H3,(H,22,25). The van der Waals surface area contributed by atoms with E-state index in [2.05, 4.69) is 16.4 Å². The number of nitrogens with one attached hydrogen (secondary N) is 2. The van der Waals surface area contributed by atoms with Crippen LogP contribution in [0.4, 0.5) is 4.79 Å². The second-order valence-corrected chi connectivity index (χ2v) is 7.68. The number of rotatable bonds is 4. The third-order valence-electron chi connectivity index (χ3n) is 4.33. The smallest absolute Gasteiger partial charge is 0.407 e. The van der Waals surface area contributed by atoms with E-state index >= 15 is 0 Å². The first-order chi connectivity index (χ1) is 12.3. The van der Waals surface area contributed by atoms with Gasteiger partial charge in [-0.05, 0) is 63.3 Å². The maximum absolute atomic E-state index is 12.0. The molecule has 5 nitrogen and oxygen atoms in total. The summed E-state index contributed by atoms with van der Waals surface area (Å²) in [4.78, 5) is 26.9. The molecule has 2 aromatic rings. The van der Waals surface area contributed by atoms with E-state index in [0.29, 0.717) is 13.0 Å². The van der Waals surface area contributed by atoms with E-state index in [9.17, 15) is 9.59 Å². The average Bonchev–Trinajstić information content (AvgIpc) is 2.92. The number of alkyl carbamates (subject to hydrolysis) is 1. The fraction of sp³-hybridized carbons (Fsp3) is 0.429. The molecule has 3 rings (SSSR count). The van der Waals surface area contributed by atoms with E-state index in [4.69, 9.17) is 4.74 Å². The Morgan fingerprint density at radius 3 is 2.88 bits per heavy atom. The topological polar surface area (TPSA) is 71.2 Å². The zero-order chi connectivity index (χ0) is 18.7.